The van der Waals surface area contributed by atoms with Crippen LogP contribution in [0.15, 0.2) is 24.3 Å². The standard InChI is InChI=1S/C11H15N/c1-9-4-3-5-11(6-9)12-7-10(2)8-12/h3-6,10H,7-8H2,1-2H3. The molecule has 0 spiro atoms. The maximum atomic E-state index is 2.43. The van der Waals surface area contributed by atoms with Gasteiger partial charge in [-0.25, -0.2) is 0 Å². The molecule has 0 unspecified atom stereocenters. The Hall–Kier alpha value is -0.980. The average Bonchev–Trinajstić information content (AvgIpc) is 1.99. The van der Waals surface area contributed by atoms with E-state index in [4.69, 9.17) is 0 Å². The fourth-order valence-corrected chi connectivity index (χ4v) is 1.73. The second-order valence-electron chi connectivity index (χ2n) is 3.85. The smallest absolute Gasteiger partial charge is 0.0369 e. The van der Waals surface area contributed by atoms with Gasteiger partial charge in [-0.05, 0) is 30.5 Å². The van der Waals surface area contributed by atoms with Crippen molar-refractivity contribution < 1.29 is 0 Å². The molecule has 0 aliphatic carbocycles. The molecule has 0 N–H and O–H groups in total. The second kappa shape index (κ2) is 2.81. The second-order valence-corrected chi connectivity index (χ2v) is 3.85. The molecule has 1 aromatic rings. The maximum Gasteiger partial charge on any atom is 0.0369 e. The molecule has 1 nitrogen and oxygen atoms in total. The van der Waals surface area contributed by atoms with Gasteiger partial charge in [0.1, 0.15) is 0 Å². The molecule has 0 saturated carbocycles. The zero-order chi connectivity index (χ0) is 8.55. The lowest BCUT2D eigenvalue weighted by molar-refractivity contribution is 0.447. The van der Waals surface area contributed by atoms with Gasteiger partial charge in [0.25, 0.3) is 0 Å². The SMILES string of the molecule is Cc1cccc(N2CC(C)C2)c1. The number of rotatable bonds is 1. The lowest BCUT2D eigenvalue weighted by Crippen LogP contribution is -2.45. The molecule has 1 heterocycles. The summed E-state index contributed by atoms with van der Waals surface area (Å²) >= 11 is 0. The molecule has 1 fully saturated rings. The van der Waals surface area contributed by atoms with Gasteiger partial charge in [-0.3, -0.25) is 0 Å². The van der Waals surface area contributed by atoms with Gasteiger partial charge in [0.2, 0.25) is 0 Å². The number of benzene rings is 1. The van der Waals surface area contributed by atoms with Crippen LogP contribution in [0.3, 0.4) is 0 Å². The van der Waals surface area contributed by atoms with Gasteiger partial charge in [-0.1, -0.05) is 19.1 Å². The normalized spacial score (nSPS) is 17.7. The van der Waals surface area contributed by atoms with Gasteiger partial charge in [0, 0.05) is 18.8 Å². The van der Waals surface area contributed by atoms with E-state index >= 15 is 0 Å². The molecule has 1 saturated heterocycles. The minimum absolute atomic E-state index is 0.880. The molecule has 12 heavy (non-hydrogen) atoms. The molecule has 0 atom stereocenters. The first kappa shape index (κ1) is 7.66. The highest BCUT2D eigenvalue weighted by Crippen LogP contribution is 2.24. The lowest BCUT2D eigenvalue weighted by atomic mass is 10.0. The Balaban J connectivity index is 2.13. The van der Waals surface area contributed by atoms with Crippen molar-refractivity contribution in [1.82, 2.24) is 0 Å². The number of hydrogen-bond donors (Lipinski definition) is 0. The molecular weight excluding hydrogens is 146 g/mol. The van der Waals surface area contributed by atoms with Gasteiger partial charge < -0.3 is 4.90 Å². The van der Waals surface area contributed by atoms with E-state index in [1.54, 1.807) is 0 Å². The van der Waals surface area contributed by atoms with E-state index < -0.39 is 0 Å². The fourth-order valence-electron chi connectivity index (χ4n) is 1.73. The largest absolute Gasteiger partial charge is 0.371 e. The Kier molecular flexibility index (Phi) is 1.80. The molecule has 0 aromatic heterocycles. The molecular formula is C11H15N. The summed E-state index contributed by atoms with van der Waals surface area (Å²) in [6.07, 6.45) is 0. The first-order valence-corrected chi connectivity index (χ1v) is 4.57. The van der Waals surface area contributed by atoms with Crippen LogP contribution in [0.5, 0.6) is 0 Å². The highest BCUT2D eigenvalue weighted by molar-refractivity contribution is 5.50. The van der Waals surface area contributed by atoms with Crippen LogP contribution in [-0.2, 0) is 0 Å². The van der Waals surface area contributed by atoms with Crippen molar-refractivity contribution in [2.45, 2.75) is 13.8 Å². The molecule has 0 radical (unpaired) electrons. The van der Waals surface area contributed by atoms with Crippen LogP contribution in [0.2, 0.25) is 0 Å². The minimum atomic E-state index is 0.880. The zero-order valence-corrected chi connectivity index (χ0v) is 7.75. The van der Waals surface area contributed by atoms with E-state index in [1.165, 1.54) is 24.3 Å². The van der Waals surface area contributed by atoms with Crippen LogP contribution in [0, 0.1) is 12.8 Å². The number of nitrogens with zero attached hydrogens (tertiary/aromatic N) is 1. The molecule has 64 valence electrons. The van der Waals surface area contributed by atoms with Gasteiger partial charge in [-0.2, -0.15) is 0 Å². The predicted octanol–water partition coefficient (Wildman–Crippen LogP) is 2.45. The summed E-state index contributed by atoms with van der Waals surface area (Å²) in [4.78, 5) is 2.43. The zero-order valence-electron chi connectivity index (χ0n) is 7.75. The molecule has 1 heteroatoms. The highest BCUT2D eigenvalue weighted by atomic mass is 15.2. The summed E-state index contributed by atoms with van der Waals surface area (Å²) in [5, 5.41) is 0. The Bertz CT molecular complexity index is 274. The minimum Gasteiger partial charge on any atom is -0.371 e. The fraction of sp³-hybridized carbons (Fsp3) is 0.455. The Morgan fingerprint density at radius 1 is 1.33 bits per heavy atom. The Labute approximate surface area is 74.0 Å². The first-order chi connectivity index (χ1) is 5.75. The predicted molar refractivity (Wildman–Crippen MR) is 52.6 cm³/mol. The molecule has 1 aliphatic rings. The van der Waals surface area contributed by atoms with Crippen molar-refractivity contribution in [3.63, 3.8) is 0 Å². The summed E-state index contributed by atoms with van der Waals surface area (Å²) in [6.45, 7) is 6.89. The summed E-state index contributed by atoms with van der Waals surface area (Å²) in [7, 11) is 0. The summed E-state index contributed by atoms with van der Waals surface area (Å²) in [5.41, 5.74) is 2.74. The van der Waals surface area contributed by atoms with E-state index in [9.17, 15) is 0 Å². The lowest BCUT2D eigenvalue weighted by Gasteiger charge is -2.39. The third kappa shape index (κ3) is 1.31. The maximum absolute atomic E-state index is 2.43. The van der Waals surface area contributed by atoms with Crippen molar-refractivity contribution in [2.75, 3.05) is 18.0 Å². The third-order valence-corrected chi connectivity index (χ3v) is 2.43. The van der Waals surface area contributed by atoms with Gasteiger partial charge in [0.05, 0.1) is 0 Å². The number of hydrogen-bond acceptors (Lipinski definition) is 1. The molecule has 0 amide bonds. The monoisotopic (exact) mass is 161 g/mol. The molecule has 0 bridgehead atoms. The average molecular weight is 161 g/mol. The first-order valence-electron chi connectivity index (χ1n) is 4.57. The molecule has 1 aromatic carbocycles. The van der Waals surface area contributed by atoms with Gasteiger partial charge in [0.15, 0.2) is 0 Å². The van der Waals surface area contributed by atoms with Crippen LogP contribution < -0.4 is 4.90 Å². The Morgan fingerprint density at radius 3 is 2.67 bits per heavy atom. The van der Waals surface area contributed by atoms with E-state index in [2.05, 4.69) is 43.0 Å². The van der Waals surface area contributed by atoms with Crippen molar-refractivity contribution in [3.8, 4) is 0 Å². The topological polar surface area (TPSA) is 3.24 Å². The van der Waals surface area contributed by atoms with Crippen LogP contribution >= 0.6 is 0 Å². The summed E-state index contributed by atoms with van der Waals surface area (Å²) < 4.78 is 0. The van der Waals surface area contributed by atoms with E-state index in [0.29, 0.717) is 0 Å². The molecule has 2 rings (SSSR count). The highest BCUT2D eigenvalue weighted by Gasteiger charge is 2.22. The van der Waals surface area contributed by atoms with Crippen molar-refractivity contribution in [2.24, 2.45) is 5.92 Å². The van der Waals surface area contributed by atoms with Crippen LogP contribution in [-0.4, -0.2) is 13.1 Å². The molecule has 1 aliphatic heterocycles. The Morgan fingerprint density at radius 2 is 2.08 bits per heavy atom. The van der Waals surface area contributed by atoms with E-state index in [0.717, 1.165) is 5.92 Å². The van der Waals surface area contributed by atoms with Gasteiger partial charge in [-0.15, -0.1) is 0 Å². The summed E-state index contributed by atoms with van der Waals surface area (Å²) in [6, 6.07) is 8.73. The van der Waals surface area contributed by atoms with Crippen molar-refractivity contribution in [1.29, 1.82) is 0 Å². The van der Waals surface area contributed by atoms with Gasteiger partial charge >= 0.3 is 0 Å². The quantitative estimate of drug-likeness (QED) is 0.611. The summed E-state index contributed by atoms with van der Waals surface area (Å²) in [5.74, 6) is 0.880. The number of aryl methyl sites for hydroxylation is 1. The third-order valence-electron chi connectivity index (χ3n) is 2.43. The van der Waals surface area contributed by atoms with Crippen LogP contribution in [0.4, 0.5) is 5.69 Å². The number of anilines is 1. The van der Waals surface area contributed by atoms with Crippen LogP contribution in [0.1, 0.15) is 12.5 Å². The van der Waals surface area contributed by atoms with E-state index in [1.807, 2.05) is 0 Å². The van der Waals surface area contributed by atoms with Crippen LogP contribution in [0.25, 0.3) is 0 Å². The van der Waals surface area contributed by atoms with E-state index in [-0.39, 0.29) is 0 Å². The van der Waals surface area contributed by atoms with Crippen molar-refractivity contribution in [3.05, 3.63) is 29.8 Å². The van der Waals surface area contributed by atoms with Crippen molar-refractivity contribution >= 4 is 5.69 Å².